The quantitative estimate of drug-likeness (QED) is 0.260. The molecule has 0 N–H and O–H groups in total. The molecule has 39 heavy (non-hydrogen) atoms. The molecule has 8 nitrogen and oxygen atoms in total. The molecule has 0 bridgehead atoms. The van der Waals surface area contributed by atoms with Crippen LogP contribution in [-0.4, -0.2) is 24.3 Å². The molecule has 8 heteroatoms. The second kappa shape index (κ2) is 10.0. The van der Waals surface area contributed by atoms with Crippen LogP contribution < -0.4 is 5.56 Å². The van der Waals surface area contributed by atoms with E-state index in [-0.39, 0.29) is 5.56 Å². The van der Waals surface area contributed by atoms with Crippen LogP contribution in [0.1, 0.15) is 42.6 Å². The number of nitrogens with zero attached hydrogens (tertiary/aromatic N) is 6. The maximum atomic E-state index is 13.8. The van der Waals surface area contributed by atoms with Crippen LogP contribution in [0, 0.1) is 18.3 Å². The van der Waals surface area contributed by atoms with Gasteiger partial charge in [0.2, 0.25) is 11.7 Å². The predicted molar refractivity (Wildman–Crippen MR) is 150 cm³/mol. The number of hydrogen-bond donors (Lipinski definition) is 0. The Hall–Kier alpha value is -5.03. The number of imidazole rings is 1. The third-order valence-electron chi connectivity index (χ3n) is 6.94. The molecule has 6 rings (SSSR count). The largest absolute Gasteiger partial charge is 0.339 e. The van der Waals surface area contributed by atoms with E-state index >= 15 is 0 Å². The molecule has 0 aliphatic carbocycles. The summed E-state index contributed by atoms with van der Waals surface area (Å²) in [5.41, 5.74) is 4.33. The van der Waals surface area contributed by atoms with Gasteiger partial charge in [-0.2, -0.15) is 10.2 Å². The summed E-state index contributed by atoms with van der Waals surface area (Å²) in [7, 11) is 0. The number of hydrogen-bond acceptors (Lipinski definition) is 6. The van der Waals surface area contributed by atoms with Crippen molar-refractivity contribution in [3.05, 3.63) is 106 Å². The molecule has 3 heterocycles. The van der Waals surface area contributed by atoms with Gasteiger partial charge in [-0.25, -0.2) is 4.98 Å². The van der Waals surface area contributed by atoms with Gasteiger partial charge in [-0.1, -0.05) is 42.8 Å². The van der Waals surface area contributed by atoms with Crippen LogP contribution in [0.4, 0.5) is 0 Å². The second-order valence-electron chi connectivity index (χ2n) is 9.63. The average Bonchev–Trinajstić information content (AvgIpc) is 3.55. The number of aromatic nitrogens is 5. The average molecular weight is 515 g/mol. The Morgan fingerprint density at radius 1 is 0.974 bits per heavy atom. The standard InChI is InChI=1S/C31H26N6O2/c1-3-4-5-28-34-27-14-15-36(26-12-7-21(18-32)8-13-26)31(38)29(27)37(28)19-22-6-9-23-10-11-24(17-25(23)16-22)30-33-20(2)39-35-30/h6-17H,3-5,19H2,1-2H3. The lowest BCUT2D eigenvalue weighted by Crippen LogP contribution is -2.21. The van der Waals surface area contributed by atoms with Crippen molar-refractivity contribution in [1.29, 1.82) is 5.26 Å². The van der Waals surface area contributed by atoms with Crippen LogP contribution in [0.2, 0.25) is 0 Å². The van der Waals surface area contributed by atoms with Crippen molar-refractivity contribution in [1.82, 2.24) is 24.3 Å². The van der Waals surface area contributed by atoms with Gasteiger partial charge < -0.3 is 9.09 Å². The summed E-state index contributed by atoms with van der Waals surface area (Å²) in [4.78, 5) is 23.0. The third kappa shape index (κ3) is 4.59. The molecule has 192 valence electrons. The number of rotatable bonds is 7. The van der Waals surface area contributed by atoms with Crippen molar-refractivity contribution < 1.29 is 4.52 Å². The summed E-state index contributed by atoms with van der Waals surface area (Å²) >= 11 is 0. The fourth-order valence-corrected chi connectivity index (χ4v) is 4.92. The smallest absolute Gasteiger partial charge is 0.281 e. The van der Waals surface area contributed by atoms with Crippen molar-refractivity contribution in [2.24, 2.45) is 0 Å². The topological polar surface area (TPSA) is 103 Å². The number of unbranched alkanes of at least 4 members (excludes halogenated alkanes) is 1. The van der Waals surface area contributed by atoms with Crippen molar-refractivity contribution >= 4 is 21.8 Å². The van der Waals surface area contributed by atoms with Crippen LogP contribution in [0.5, 0.6) is 0 Å². The molecule has 0 radical (unpaired) electrons. The molecule has 0 unspecified atom stereocenters. The number of benzene rings is 3. The highest BCUT2D eigenvalue weighted by molar-refractivity contribution is 5.87. The molecule has 0 amide bonds. The van der Waals surface area contributed by atoms with Gasteiger partial charge in [-0.3, -0.25) is 9.36 Å². The van der Waals surface area contributed by atoms with E-state index in [1.165, 1.54) is 0 Å². The van der Waals surface area contributed by atoms with Crippen molar-refractivity contribution in [2.75, 3.05) is 0 Å². The zero-order valence-electron chi connectivity index (χ0n) is 21.8. The Labute approximate surface area is 224 Å². The lowest BCUT2D eigenvalue weighted by atomic mass is 10.0. The number of fused-ring (bicyclic) bond motifs is 2. The molecule has 0 fully saturated rings. The molecular formula is C31H26N6O2. The molecule has 6 aromatic rings. The van der Waals surface area contributed by atoms with Crippen molar-refractivity contribution in [2.45, 2.75) is 39.7 Å². The molecule has 0 atom stereocenters. The van der Waals surface area contributed by atoms with E-state index in [1.807, 2.05) is 12.1 Å². The van der Waals surface area contributed by atoms with Gasteiger partial charge in [0.25, 0.3) is 5.56 Å². The highest BCUT2D eigenvalue weighted by Crippen LogP contribution is 2.25. The van der Waals surface area contributed by atoms with Gasteiger partial charge in [0.15, 0.2) is 0 Å². The zero-order chi connectivity index (χ0) is 26.9. The van der Waals surface area contributed by atoms with E-state index in [0.29, 0.717) is 40.5 Å². The van der Waals surface area contributed by atoms with Gasteiger partial charge in [-0.05, 0) is 65.2 Å². The van der Waals surface area contributed by atoms with E-state index in [4.69, 9.17) is 14.8 Å². The summed E-state index contributed by atoms with van der Waals surface area (Å²) in [5.74, 6) is 1.99. The fourth-order valence-electron chi connectivity index (χ4n) is 4.92. The maximum Gasteiger partial charge on any atom is 0.281 e. The van der Waals surface area contributed by atoms with Gasteiger partial charge in [0.05, 0.1) is 17.1 Å². The Balaban J connectivity index is 1.45. The highest BCUT2D eigenvalue weighted by atomic mass is 16.5. The first-order valence-corrected chi connectivity index (χ1v) is 13.0. The van der Waals surface area contributed by atoms with Gasteiger partial charge in [-0.15, -0.1) is 0 Å². The summed E-state index contributed by atoms with van der Waals surface area (Å²) in [6.07, 6.45) is 4.56. The minimum atomic E-state index is -0.136. The zero-order valence-corrected chi connectivity index (χ0v) is 21.8. The second-order valence-corrected chi connectivity index (χ2v) is 9.63. The Morgan fingerprint density at radius 3 is 2.54 bits per heavy atom. The van der Waals surface area contributed by atoms with E-state index in [9.17, 15) is 4.79 Å². The first-order chi connectivity index (χ1) is 19.0. The Bertz CT molecular complexity index is 1920. The fraction of sp³-hybridized carbons (Fsp3) is 0.194. The van der Waals surface area contributed by atoms with Crippen LogP contribution >= 0.6 is 0 Å². The lowest BCUT2D eigenvalue weighted by molar-refractivity contribution is 0.394. The van der Waals surface area contributed by atoms with Crippen LogP contribution in [0.3, 0.4) is 0 Å². The first-order valence-electron chi connectivity index (χ1n) is 13.0. The maximum absolute atomic E-state index is 13.8. The first kappa shape index (κ1) is 24.3. The van der Waals surface area contributed by atoms with Gasteiger partial charge in [0, 0.05) is 37.3 Å². The molecule has 0 saturated heterocycles. The molecular weight excluding hydrogens is 488 g/mol. The van der Waals surface area contributed by atoms with E-state index in [1.54, 1.807) is 42.0 Å². The predicted octanol–water partition coefficient (Wildman–Crippen LogP) is 5.96. The molecule has 3 aromatic heterocycles. The number of aryl methyl sites for hydroxylation is 2. The summed E-state index contributed by atoms with van der Waals surface area (Å²) < 4.78 is 8.83. The minimum Gasteiger partial charge on any atom is -0.339 e. The Kier molecular flexibility index (Phi) is 6.25. The number of nitriles is 1. The highest BCUT2D eigenvalue weighted by Gasteiger charge is 2.17. The summed E-state index contributed by atoms with van der Waals surface area (Å²) in [6.45, 7) is 4.44. The Morgan fingerprint density at radius 2 is 1.79 bits per heavy atom. The summed E-state index contributed by atoms with van der Waals surface area (Å²) in [5, 5.41) is 15.4. The third-order valence-corrected chi connectivity index (χ3v) is 6.94. The van der Waals surface area contributed by atoms with Gasteiger partial charge in [0.1, 0.15) is 11.3 Å². The molecule has 0 saturated carbocycles. The van der Waals surface area contributed by atoms with E-state index in [2.05, 4.69) is 58.0 Å². The van der Waals surface area contributed by atoms with E-state index in [0.717, 1.165) is 47.0 Å². The van der Waals surface area contributed by atoms with Crippen LogP contribution in [0.15, 0.2) is 82.2 Å². The lowest BCUT2D eigenvalue weighted by Gasteiger charge is -2.12. The minimum absolute atomic E-state index is 0.136. The molecule has 0 aliphatic heterocycles. The molecule has 0 spiro atoms. The van der Waals surface area contributed by atoms with Crippen molar-refractivity contribution in [3.63, 3.8) is 0 Å². The van der Waals surface area contributed by atoms with Gasteiger partial charge >= 0.3 is 0 Å². The van der Waals surface area contributed by atoms with Crippen LogP contribution in [-0.2, 0) is 13.0 Å². The summed E-state index contributed by atoms with van der Waals surface area (Å²) in [6, 6.07) is 23.5. The SMILES string of the molecule is CCCCc1nc2ccn(-c3ccc(C#N)cc3)c(=O)c2n1Cc1ccc2ccc(-c3noc(C)n3)cc2c1. The van der Waals surface area contributed by atoms with Crippen molar-refractivity contribution in [3.8, 4) is 23.1 Å². The molecule has 0 aliphatic rings. The van der Waals surface area contributed by atoms with E-state index < -0.39 is 0 Å². The monoisotopic (exact) mass is 514 g/mol. The molecule has 3 aromatic carbocycles. The number of pyridine rings is 1. The normalized spacial score (nSPS) is 11.3. The van der Waals surface area contributed by atoms with Crippen LogP contribution in [0.25, 0.3) is 38.9 Å².